The first kappa shape index (κ1) is 28.8. The molecule has 2 aromatic carbocycles. The molecule has 226 valence electrons. The molecule has 3 aromatic rings. The van der Waals surface area contributed by atoms with Gasteiger partial charge in [-0.2, -0.15) is 0 Å². The molecular weight excluding hydrogens is 544 g/mol. The molecule has 0 radical (unpaired) electrons. The smallest absolute Gasteiger partial charge is 0.255 e. The lowest BCUT2D eigenvalue weighted by atomic mass is 9.83. The van der Waals surface area contributed by atoms with Gasteiger partial charge in [0.15, 0.2) is 0 Å². The number of aromatic nitrogens is 1. The van der Waals surface area contributed by atoms with Crippen LogP contribution < -0.4 is 25.2 Å². The summed E-state index contributed by atoms with van der Waals surface area (Å²) in [7, 11) is 3.09. The number of nitrogens with one attached hydrogen (secondary N) is 1. The molecule has 43 heavy (non-hydrogen) atoms. The van der Waals surface area contributed by atoms with Gasteiger partial charge in [0.1, 0.15) is 11.5 Å². The fraction of sp³-hybridized carbons (Fsp3) is 0.441. The van der Waals surface area contributed by atoms with E-state index in [1.54, 1.807) is 38.5 Å². The zero-order valence-corrected chi connectivity index (χ0v) is 25.3. The van der Waals surface area contributed by atoms with Crippen LogP contribution in [0.1, 0.15) is 59.0 Å². The van der Waals surface area contributed by atoms with E-state index in [9.17, 15) is 14.4 Å². The summed E-state index contributed by atoms with van der Waals surface area (Å²) in [6.45, 7) is 7.97. The zero-order chi connectivity index (χ0) is 30.2. The first-order chi connectivity index (χ1) is 20.7. The minimum absolute atomic E-state index is 0.0210. The molecule has 1 aromatic heterocycles. The van der Waals surface area contributed by atoms with Gasteiger partial charge in [-0.1, -0.05) is 19.9 Å². The molecule has 6 rings (SSSR count). The second-order valence-corrected chi connectivity index (χ2v) is 12.5. The highest BCUT2D eigenvalue weighted by molar-refractivity contribution is 6.07. The van der Waals surface area contributed by atoms with Gasteiger partial charge in [0.25, 0.3) is 17.4 Å². The fourth-order valence-corrected chi connectivity index (χ4v) is 7.28. The third-order valence-corrected chi connectivity index (χ3v) is 9.08. The van der Waals surface area contributed by atoms with Crippen LogP contribution in [0, 0.1) is 17.8 Å². The van der Waals surface area contributed by atoms with Crippen molar-refractivity contribution in [3.05, 3.63) is 81.8 Å². The molecule has 4 atom stereocenters. The lowest BCUT2D eigenvalue weighted by molar-refractivity contribution is 0.0623. The molecule has 2 fully saturated rings. The van der Waals surface area contributed by atoms with Crippen molar-refractivity contribution in [2.75, 3.05) is 50.6 Å². The van der Waals surface area contributed by atoms with Gasteiger partial charge >= 0.3 is 0 Å². The molecule has 0 unspecified atom stereocenters. The Hall–Kier alpha value is -4.27. The molecular formula is C34H40N4O5. The van der Waals surface area contributed by atoms with Gasteiger partial charge in [-0.25, -0.2) is 0 Å². The third kappa shape index (κ3) is 5.85. The van der Waals surface area contributed by atoms with Gasteiger partial charge in [-0.3, -0.25) is 14.4 Å². The van der Waals surface area contributed by atoms with E-state index in [0.717, 1.165) is 43.9 Å². The maximum atomic E-state index is 13.7. The summed E-state index contributed by atoms with van der Waals surface area (Å²) < 4.78 is 12.7. The van der Waals surface area contributed by atoms with Gasteiger partial charge in [-0.15, -0.1) is 0 Å². The van der Waals surface area contributed by atoms with Crippen molar-refractivity contribution in [2.45, 2.75) is 39.2 Å². The number of rotatable bonds is 6. The van der Waals surface area contributed by atoms with Gasteiger partial charge in [-0.05, 0) is 67.0 Å². The summed E-state index contributed by atoms with van der Waals surface area (Å²) >= 11 is 0. The molecule has 2 bridgehead atoms. The number of likely N-dealkylation sites (tertiary alicyclic amines) is 1. The van der Waals surface area contributed by atoms with Crippen molar-refractivity contribution in [1.29, 1.82) is 0 Å². The second-order valence-electron chi connectivity index (χ2n) is 12.5. The van der Waals surface area contributed by atoms with Crippen molar-refractivity contribution in [3.8, 4) is 11.5 Å². The standard InChI is InChI=1S/C34H40N4O5/c1-21-10-22(2)17-37(16-21)34(41)24-8-9-31(29(14-24)35-33(40)25-12-27(42-3)15-28(13-25)43-4)36-18-23-11-26(20-36)30-6-5-7-32(39)38(30)19-23/h5-9,12-15,21-23,26H,10-11,16-20H2,1-4H3,(H,35,40)/t21-,22-,23+,26-/m0/s1. The van der Waals surface area contributed by atoms with Crippen LogP contribution in [0.4, 0.5) is 11.4 Å². The molecule has 3 aliphatic heterocycles. The van der Waals surface area contributed by atoms with Gasteiger partial charge < -0.3 is 29.2 Å². The summed E-state index contributed by atoms with van der Waals surface area (Å²) in [5.41, 5.74) is 3.50. The molecule has 2 saturated heterocycles. The fourth-order valence-electron chi connectivity index (χ4n) is 7.28. The number of piperidine rings is 2. The van der Waals surface area contributed by atoms with E-state index >= 15 is 0 Å². The molecule has 4 heterocycles. The quantitative estimate of drug-likeness (QED) is 0.445. The normalized spacial score (nSPS) is 22.9. The van der Waals surface area contributed by atoms with E-state index in [4.69, 9.17) is 9.47 Å². The number of nitrogens with zero attached hydrogens (tertiary/aromatic N) is 3. The molecule has 2 amide bonds. The molecule has 9 nitrogen and oxygen atoms in total. The van der Waals surface area contributed by atoms with Crippen LogP contribution in [0.5, 0.6) is 11.5 Å². The lowest BCUT2D eigenvalue weighted by Gasteiger charge is -2.44. The van der Waals surface area contributed by atoms with E-state index in [1.807, 2.05) is 39.8 Å². The average molecular weight is 585 g/mol. The number of fused-ring (bicyclic) bond motifs is 4. The third-order valence-electron chi connectivity index (χ3n) is 9.08. The average Bonchev–Trinajstić information content (AvgIpc) is 3.00. The first-order valence-electron chi connectivity index (χ1n) is 15.1. The Balaban J connectivity index is 1.35. The number of methoxy groups -OCH3 is 2. The van der Waals surface area contributed by atoms with E-state index < -0.39 is 0 Å². The Morgan fingerprint density at radius 2 is 1.53 bits per heavy atom. The highest BCUT2D eigenvalue weighted by atomic mass is 16.5. The van der Waals surface area contributed by atoms with Crippen LogP contribution in [0.25, 0.3) is 0 Å². The van der Waals surface area contributed by atoms with Crippen LogP contribution in [-0.2, 0) is 6.54 Å². The minimum Gasteiger partial charge on any atom is -0.497 e. The predicted molar refractivity (Wildman–Crippen MR) is 167 cm³/mol. The molecule has 9 heteroatoms. The van der Waals surface area contributed by atoms with Crippen LogP contribution in [0.15, 0.2) is 59.4 Å². The first-order valence-corrected chi connectivity index (χ1v) is 15.1. The molecule has 0 spiro atoms. The highest BCUT2D eigenvalue weighted by Gasteiger charge is 2.36. The maximum absolute atomic E-state index is 13.7. The van der Waals surface area contributed by atoms with E-state index in [1.165, 1.54) is 0 Å². The molecule has 0 aliphatic carbocycles. The second kappa shape index (κ2) is 11.8. The van der Waals surface area contributed by atoms with E-state index in [2.05, 4.69) is 24.1 Å². The number of hydrogen-bond donors (Lipinski definition) is 1. The Bertz CT molecular complexity index is 1570. The Labute approximate surface area is 252 Å². The summed E-state index contributed by atoms with van der Waals surface area (Å²) in [6, 6.07) is 16.2. The van der Waals surface area contributed by atoms with Crippen LogP contribution in [-0.4, -0.2) is 61.7 Å². The largest absolute Gasteiger partial charge is 0.497 e. The number of benzene rings is 2. The van der Waals surface area contributed by atoms with Crippen LogP contribution in [0.2, 0.25) is 0 Å². The number of pyridine rings is 1. The monoisotopic (exact) mass is 584 g/mol. The number of ether oxygens (including phenoxy) is 2. The Morgan fingerprint density at radius 3 is 2.23 bits per heavy atom. The molecule has 1 N–H and O–H groups in total. The number of amides is 2. The van der Waals surface area contributed by atoms with Gasteiger partial charge in [0, 0.05) is 67.6 Å². The number of carbonyl (C=O) groups is 2. The summed E-state index contributed by atoms with van der Waals surface area (Å²) in [5, 5.41) is 3.12. The van der Waals surface area contributed by atoms with Crippen molar-refractivity contribution >= 4 is 23.2 Å². The number of carbonyl (C=O) groups excluding carboxylic acids is 2. The minimum atomic E-state index is -0.322. The van der Waals surface area contributed by atoms with E-state index in [0.29, 0.717) is 59.2 Å². The van der Waals surface area contributed by atoms with Crippen molar-refractivity contribution in [3.63, 3.8) is 0 Å². The van der Waals surface area contributed by atoms with Crippen molar-refractivity contribution < 1.29 is 19.1 Å². The Morgan fingerprint density at radius 1 is 0.814 bits per heavy atom. The topological polar surface area (TPSA) is 93.1 Å². The maximum Gasteiger partial charge on any atom is 0.255 e. The van der Waals surface area contributed by atoms with Crippen LogP contribution in [0.3, 0.4) is 0 Å². The highest BCUT2D eigenvalue weighted by Crippen LogP contribution is 2.40. The summed E-state index contributed by atoms with van der Waals surface area (Å²) in [5.74, 6) is 2.07. The van der Waals surface area contributed by atoms with Crippen molar-refractivity contribution in [2.24, 2.45) is 17.8 Å². The van der Waals surface area contributed by atoms with E-state index in [-0.39, 0.29) is 23.3 Å². The number of hydrogen-bond acceptors (Lipinski definition) is 6. The van der Waals surface area contributed by atoms with Gasteiger partial charge in [0.05, 0.1) is 25.6 Å². The summed E-state index contributed by atoms with van der Waals surface area (Å²) in [6.07, 6.45) is 2.13. The predicted octanol–water partition coefficient (Wildman–Crippen LogP) is 4.86. The summed E-state index contributed by atoms with van der Waals surface area (Å²) in [4.78, 5) is 44.2. The molecule has 0 saturated carbocycles. The Kier molecular flexibility index (Phi) is 7.90. The molecule has 3 aliphatic rings. The van der Waals surface area contributed by atoms with Crippen LogP contribution >= 0.6 is 0 Å². The lowest BCUT2D eigenvalue weighted by Crippen LogP contribution is -2.47. The zero-order valence-electron chi connectivity index (χ0n) is 25.3. The van der Waals surface area contributed by atoms with Crippen molar-refractivity contribution in [1.82, 2.24) is 9.47 Å². The number of anilines is 2. The van der Waals surface area contributed by atoms with Gasteiger partial charge in [0.2, 0.25) is 0 Å². The SMILES string of the molecule is COc1cc(OC)cc(C(=O)Nc2cc(C(=O)N3C[C@@H](C)C[C@H](C)C3)ccc2N2C[C@H]3C[C@@H](C2)c2cccc(=O)n2C3)c1.